The first-order chi connectivity index (χ1) is 12.3. The average molecular weight is 357 g/mol. The summed E-state index contributed by atoms with van der Waals surface area (Å²) in [5.74, 6) is 1.78. The Balaban J connectivity index is 1.53. The summed E-state index contributed by atoms with van der Waals surface area (Å²) >= 11 is 1.78. The summed E-state index contributed by atoms with van der Waals surface area (Å²) in [6.07, 6.45) is 5.30. The lowest BCUT2D eigenvalue weighted by atomic mass is 10.3. The molecular weight excluding hydrogens is 334 g/mol. The van der Waals surface area contributed by atoms with Crippen molar-refractivity contribution >= 4 is 17.3 Å². The van der Waals surface area contributed by atoms with Crippen molar-refractivity contribution < 1.29 is 4.42 Å². The molecule has 0 aromatic carbocycles. The zero-order chi connectivity index (χ0) is 17.3. The second-order valence-electron chi connectivity index (χ2n) is 5.62. The lowest BCUT2D eigenvalue weighted by molar-refractivity contribution is 0.506. The zero-order valence-electron chi connectivity index (χ0n) is 14.3. The highest BCUT2D eigenvalue weighted by Crippen LogP contribution is 2.08. The van der Waals surface area contributed by atoms with Crippen LogP contribution < -0.4 is 10.6 Å². The number of nitrogens with one attached hydrogen (secondary N) is 2. The third-order valence-electron chi connectivity index (χ3n) is 3.81. The number of thiophene rings is 1. The van der Waals surface area contributed by atoms with Gasteiger partial charge in [-0.05, 0) is 36.1 Å². The molecule has 132 valence electrons. The molecule has 0 saturated carbocycles. The first-order valence-corrected chi connectivity index (χ1v) is 9.23. The molecule has 3 aromatic heterocycles. The predicted molar refractivity (Wildman–Crippen MR) is 101 cm³/mol. The van der Waals surface area contributed by atoms with E-state index in [2.05, 4.69) is 38.2 Å². The molecular formula is C18H23N5OS. The molecule has 0 aliphatic heterocycles. The van der Waals surface area contributed by atoms with E-state index in [4.69, 9.17) is 4.42 Å². The molecule has 0 atom stereocenters. The second kappa shape index (κ2) is 9.08. The van der Waals surface area contributed by atoms with Crippen LogP contribution in [0.5, 0.6) is 0 Å². The van der Waals surface area contributed by atoms with E-state index in [1.165, 1.54) is 4.88 Å². The van der Waals surface area contributed by atoms with Gasteiger partial charge in [0.1, 0.15) is 5.76 Å². The summed E-state index contributed by atoms with van der Waals surface area (Å²) in [7, 11) is 1.93. The van der Waals surface area contributed by atoms with Gasteiger partial charge in [0.05, 0.1) is 18.5 Å². The minimum Gasteiger partial charge on any atom is -0.469 e. The van der Waals surface area contributed by atoms with Gasteiger partial charge in [0, 0.05) is 37.6 Å². The minimum atomic E-state index is 0.589. The molecule has 0 aliphatic carbocycles. The SMILES string of the molecule is Cn1nccc1CN=C(NCCc1ccco1)NCCc1cccs1. The zero-order valence-corrected chi connectivity index (χ0v) is 15.1. The molecule has 0 radical (unpaired) electrons. The van der Waals surface area contributed by atoms with Crippen LogP contribution in [-0.4, -0.2) is 28.8 Å². The fraction of sp³-hybridized carbons (Fsp3) is 0.333. The van der Waals surface area contributed by atoms with Crippen molar-refractivity contribution in [3.05, 3.63) is 64.5 Å². The monoisotopic (exact) mass is 357 g/mol. The van der Waals surface area contributed by atoms with Crippen molar-refractivity contribution in [2.24, 2.45) is 12.0 Å². The molecule has 0 spiro atoms. The Labute approximate surface area is 151 Å². The standard InChI is InChI=1S/C18H23N5OS/c1-23-15(6-11-22-23)14-21-18(19-9-7-16-4-2-12-24-16)20-10-8-17-5-3-13-25-17/h2-6,11-13H,7-10,14H2,1H3,(H2,19,20,21). The van der Waals surface area contributed by atoms with E-state index >= 15 is 0 Å². The van der Waals surface area contributed by atoms with Crippen molar-refractivity contribution in [1.29, 1.82) is 0 Å². The average Bonchev–Trinajstić information content (AvgIpc) is 3.35. The van der Waals surface area contributed by atoms with E-state index in [9.17, 15) is 0 Å². The van der Waals surface area contributed by atoms with Gasteiger partial charge < -0.3 is 15.1 Å². The van der Waals surface area contributed by atoms with E-state index in [0.717, 1.165) is 43.3 Å². The Kier molecular flexibility index (Phi) is 6.28. The van der Waals surface area contributed by atoms with Crippen molar-refractivity contribution in [3.63, 3.8) is 0 Å². The first-order valence-electron chi connectivity index (χ1n) is 8.35. The van der Waals surface area contributed by atoms with Crippen molar-refractivity contribution in [2.75, 3.05) is 13.1 Å². The Morgan fingerprint density at radius 1 is 1.20 bits per heavy atom. The third-order valence-corrected chi connectivity index (χ3v) is 4.75. The minimum absolute atomic E-state index is 0.589. The highest BCUT2D eigenvalue weighted by Gasteiger charge is 2.03. The van der Waals surface area contributed by atoms with Crippen molar-refractivity contribution in [2.45, 2.75) is 19.4 Å². The molecule has 0 bridgehead atoms. The smallest absolute Gasteiger partial charge is 0.191 e. The lowest BCUT2D eigenvalue weighted by Crippen LogP contribution is -2.39. The van der Waals surface area contributed by atoms with Crippen molar-refractivity contribution in [3.8, 4) is 0 Å². The van der Waals surface area contributed by atoms with Crippen LogP contribution in [0, 0.1) is 0 Å². The summed E-state index contributed by atoms with van der Waals surface area (Å²) in [4.78, 5) is 6.04. The summed E-state index contributed by atoms with van der Waals surface area (Å²) in [5.41, 5.74) is 1.07. The number of guanidine groups is 1. The number of rotatable bonds is 8. The Morgan fingerprint density at radius 3 is 2.76 bits per heavy atom. The fourth-order valence-corrected chi connectivity index (χ4v) is 3.12. The molecule has 0 saturated heterocycles. The van der Waals surface area contributed by atoms with Gasteiger partial charge in [0.25, 0.3) is 0 Å². The van der Waals surface area contributed by atoms with Crippen LogP contribution in [0.25, 0.3) is 0 Å². The molecule has 0 aliphatic rings. The lowest BCUT2D eigenvalue weighted by Gasteiger charge is -2.12. The molecule has 7 heteroatoms. The maximum absolute atomic E-state index is 5.37. The van der Waals surface area contributed by atoms with Crippen molar-refractivity contribution in [1.82, 2.24) is 20.4 Å². The quantitative estimate of drug-likeness (QED) is 0.480. The number of nitrogens with zero attached hydrogens (tertiary/aromatic N) is 3. The van der Waals surface area contributed by atoms with Crippen LogP contribution >= 0.6 is 11.3 Å². The Bertz CT molecular complexity index is 719. The van der Waals surface area contributed by atoms with Crippen LogP contribution in [0.2, 0.25) is 0 Å². The van der Waals surface area contributed by atoms with E-state index in [-0.39, 0.29) is 0 Å². The molecule has 6 nitrogen and oxygen atoms in total. The maximum atomic E-state index is 5.37. The number of hydrogen-bond donors (Lipinski definition) is 2. The van der Waals surface area contributed by atoms with E-state index < -0.39 is 0 Å². The summed E-state index contributed by atoms with van der Waals surface area (Å²) in [5, 5.41) is 13.1. The highest BCUT2D eigenvalue weighted by atomic mass is 32.1. The molecule has 0 unspecified atom stereocenters. The molecule has 2 N–H and O–H groups in total. The topological polar surface area (TPSA) is 67.4 Å². The number of hydrogen-bond acceptors (Lipinski definition) is 4. The molecule has 25 heavy (non-hydrogen) atoms. The Hall–Kier alpha value is -2.54. The predicted octanol–water partition coefficient (Wildman–Crippen LogP) is 2.60. The number of aliphatic imine (C=N–C) groups is 1. The van der Waals surface area contributed by atoms with Gasteiger partial charge in [-0.2, -0.15) is 5.10 Å². The number of aryl methyl sites for hydroxylation is 1. The highest BCUT2D eigenvalue weighted by molar-refractivity contribution is 7.09. The second-order valence-corrected chi connectivity index (χ2v) is 6.66. The van der Waals surface area contributed by atoms with Gasteiger partial charge in [0.2, 0.25) is 0 Å². The van der Waals surface area contributed by atoms with Gasteiger partial charge in [-0.1, -0.05) is 6.07 Å². The Morgan fingerprint density at radius 2 is 2.08 bits per heavy atom. The molecule has 0 fully saturated rings. The third kappa shape index (κ3) is 5.49. The normalized spacial score (nSPS) is 11.6. The summed E-state index contributed by atoms with van der Waals surface area (Å²) in [6, 6.07) is 10.1. The van der Waals surface area contributed by atoms with Crippen LogP contribution in [0.1, 0.15) is 16.3 Å². The molecule has 0 amide bonds. The van der Waals surface area contributed by atoms with Gasteiger partial charge in [0.15, 0.2) is 5.96 Å². The number of furan rings is 1. The molecule has 3 rings (SSSR count). The summed E-state index contributed by atoms with van der Waals surface area (Å²) in [6.45, 7) is 2.20. The first kappa shape index (κ1) is 17.3. The van der Waals surface area contributed by atoms with Crippen LogP contribution in [0.15, 0.2) is 57.6 Å². The van der Waals surface area contributed by atoms with E-state index in [0.29, 0.717) is 6.54 Å². The van der Waals surface area contributed by atoms with Gasteiger partial charge in [-0.3, -0.25) is 4.68 Å². The molecule has 3 heterocycles. The van der Waals surface area contributed by atoms with Crippen LogP contribution in [0.4, 0.5) is 0 Å². The van der Waals surface area contributed by atoms with Gasteiger partial charge in [-0.15, -0.1) is 11.3 Å². The fourth-order valence-electron chi connectivity index (χ4n) is 2.41. The van der Waals surface area contributed by atoms with Crippen LogP contribution in [-0.2, 0) is 26.4 Å². The largest absolute Gasteiger partial charge is 0.469 e. The molecule has 3 aromatic rings. The summed E-state index contributed by atoms with van der Waals surface area (Å²) < 4.78 is 7.21. The maximum Gasteiger partial charge on any atom is 0.191 e. The van der Waals surface area contributed by atoms with Gasteiger partial charge >= 0.3 is 0 Å². The van der Waals surface area contributed by atoms with Gasteiger partial charge in [-0.25, -0.2) is 4.99 Å². The van der Waals surface area contributed by atoms with E-state index in [1.54, 1.807) is 23.8 Å². The van der Waals surface area contributed by atoms with E-state index in [1.807, 2.05) is 29.9 Å². The van der Waals surface area contributed by atoms with Crippen LogP contribution in [0.3, 0.4) is 0 Å². The number of aromatic nitrogens is 2.